The minimum absolute atomic E-state index is 0.0460. The Labute approximate surface area is 344 Å². The number of aliphatic hydroxyl groups is 2. The van der Waals surface area contributed by atoms with Crippen LogP contribution in [0.2, 0.25) is 0 Å². The average molecular weight is 817 g/mol. The van der Waals surface area contributed by atoms with Crippen molar-refractivity contribution in [2.45, 2.75) is 232 Å². The topological polar surface area (TPSA) is 132 Å². The molecule has 9 nitrogen and oxygen atoms in total. The number of ether oxygens (including phenoxy) is 2. The third-order valence-electron chi connectivity index (χ3n) is 10.1. The monoisotopic (exact) mass is 817 g/mol. The van der Waals surface area contributed by atoms with E-state index in [1.165, 1.54) is 148 Å². The van der Waals surface area contributed by atoms with Gasteiger partial charge in [0.15, 0.2) is 0 Å². The number of carbonyl (C=O) groups excluding carboxylic acids is 1. The molecule has 56 heavy (non-hydrogen) atoms. The highest BCUT2D eigenvalue weighted by molar-refractivity contribution is 7.47. The Kier molecular flexibility index (Phi) is 42.7. The van der Waals surface area contributed by atoms with Gasteiger partial charge in [0.05, 0.1) is 26.4 Å². The molecule has 0 aromatic carbocycles. The highest BCUT2D eigenvalue weighted by Crippen LogP contribution is 2.43. The maximum Gasteiger partial charge on any atom is 0.472 e. The van der Waals surface area contributed by atoms with Gasteiger partial charge in [-0.1, -0.05) is 199 Å². The van der Waals surface area contributed by atoms with Crippen molar-refractivity contribution in [1.82, 2.24) is 0 Å². The van der Waals surface area contributed by atoms with E-state index in [9.17, 15) is 19.4 Å². The second-order valence-electron chi connectivity index (χ2n) is 15.8. The summed E-state index contributed by atoms with van der Waals surface area (Å²) in [6.07, 6.45) is 45.6. The lowest BCUT2D eigenvalue weighted by atomic mass is 10.0. The molecule has 0 heterocycles. The van der Waals surface area contributed by atoms with Crippen LogP contribution in [0, 0.1) is 0 Å². The van der Waals surface area contributed by atoms with Crippen molar-refractivity contribution in [3.05, 3.63) is 24.3 Å². The number of hydrogen-bond acceptors (Lipinski definition) is 8. The number of carbonyl (C=O) groups is 1. The quantitative estimate of drug-likeness (QED) is 0.0238. The standard InChI is InChI=1S/C46H89O9P/c1-3-5-7-9-11-13-15-17-19-20-21-22-23-24-26-28-30-32-34-36-38-46(49)55-45(43-54-56(50,51)53-41-44(48)40-47)42-52-39-37-35-33-31-29-27-25-18-16-14-12-10-8-6-4-2/h10,12,16,18,44-45,47-48H,3-9,11,13-15,17,19-43H2,1-2H3,(H,50,51)/b12-10-,18-16-. The maximum absolute atomic E-state index is 12.6. The van der Waals surface area contributed by atoms with Gasteiger partial charge in [-0.3, -0.25) is 13.8 Å². The summed E-state index contributed by atoms with van der Waals surface area (Å²) in [5.74, 6) is -0.382. The molecule has 0 rings (SSSR count). The zero-order chi connectivity index (χ0) is 41.1. The smallest absolute Gasteiger partial charge is 0.457 e. The van der Waals surface area contributed by atoms with Gasteiger partial charge in [-0.05, 0) is 38.5 Å². The lowest BCUT2D eigenvalue weighted by Crippen LogP contribution is -2.29. The Bertz CT molecular complexity index is 928. The minimum atomic E-state index is -4.52. The lowest BCUT2D eigenvalue weighted by molar-refractivity contribution is -0.154. The van der Waals surface area contributed by atoms with Gasteiger partial charge in [-0.2, -0.15) is 0 Å². The Morgan fingerprint density at radius 3 is 1.48 bits per heavy atom. The van der Waals surface area contributed by atoms with Gasteiger partial charge < -0.3 is 24.6 Å². The van der Waals surface area contributed by atoms with Crippen molar-refractivity contribution >= 4 is 13.8 Å². The molecule has 3 N–H and O–H groups in total. The van der Waals surface area contributed by atoms with E-state index >= 15 is 0 Å². The average Bonchev–Trinajstić information content (AvgIpc) is 3.19. The molecule has 0 bridgehead atoms. The zero-order valence-electron chi connectivity index (χ0n) is 36.4. The fourth-order valence-corrected chi connectivity index (χ4v) is 7.34. The van der Waals surface area contributed by atoms with Gasteiger partial charge in [0, 0.05) is 13.0 Å². The number of phosphoric acid groups is 1. The van der Waals surface area contributed by atoms with Crippen molar-refractivity contribution < 1.29 is 43.0 Å². The van der Waals surface area contributed by atoms with E-state index in [1.54, 1.807) is 0 Å². The minimum Gasteiger partial charge on any atom is -0.457 e. The van der Waals surface area contributed by atoms with Gasteiger partial charge in [0.1, 0.15) is 12.2 Å². The molecule has 0 radical (unpaired) electrons. The van der Waals surface area contributed by atoms with Crippen LogP contribution in [0.15, 0.2) is 24.3 Å². The summed E-state index contributed by atoms with van der Waals surface area (Å²) in [5.41, 5.74) is 0. The van der Waals surface area contributed by atoms with Crippen LogP contribution in [0.1, 0.15) is 219 Å². The van der Waals surface area contributed by atoms with Crippen molar-refractivity contribution in [3.8, 4) is 0 Å². The molecule has 10 heteroatoms. The van der Waals surface area contributed by atoms with E-state index in [2.05, 4.69) is 38.2 Å². The number of hydrogen-bond donors (Lipinski definition) is 3. The van der Waals surface area contributed by atoms with E-state index in [-0.39, 0.29) is 25.6 Å². The van der Waals surface area contributed by atoms with Crippen molar-refractivity contribution in [2.75, 3.05) is 33.0 Å². The fourth-order valence-electron chi connectivity index (χ4n) is 6.55. The summed E-state index contributed by atoms with van der Waals surface area (Å²) in [4.78, 5) is 22.6. The summed E-state index contributed by atoms with van der Waals surface area (Å²) >= 11 is 0. The van der Waals surface area contributed by atoms with Crippen LogP contribution in [0.5, 0.6) is 0 Å². The van der Waals surface area contributed by atoms with Crippen LogP contribution >= 0.6 is 7.82 Å². The Balaban J connectivity index is 4.09. The van der Waals surface area contributed by atoms with Crippen LogP contribution < -0.4 is 0 Å². The molecule has 0 aromatic rings. The molecule has 0 amide bonds. The molecule has 332 valence electrons. The van der Waals surface area contributed by atoms with Crippen LogP contribution in [-0.4, -0.2) is 66.3 Å². The van der Waals surface area contributed by atoms with Gasteiger partial charge >= 0.3 is 13.8 Å². The zero-order valence-corrected chi connectivity index (χ0v) is 37.3. The number of unbranched alkanes of at least 4 members (excludes halogenated alkanes) is 27. The van der Waals surface area contributed by atoms with Gasteiger partial charge in [0.25, 0.3) is 0 Å². The number of allylic oxidation sites excluding steroid dienone is 4. The van der Waals surface area contributed by atoms with E-state index in [0.29, 0.717) is 6.61 Å². The second kappa shape index (κ2) is 43.5. The normalized spacial score (nSPS) is 14.2. The number of esters is 1. The van der Waals surface area contributed by atoms with Crippen molar-refractivity contribution in [2.24, 2.45) is 0 Å². The molecule has 0 saturated carbocycles. The first-order valence-electron chi connectivity index (χ1n) is 23.3. The molecule has 0 spiro atoms. The number of phosphoric ester groups is 1. The molecule has 0 fully saturated rings. The molecule has 0 aliphatic rings. The summed E-state index contributed by atoms with van der Waals surface area (Å²) in [6.45, 7) is 3.49. The number of aliphatic hydroxyl groups excluding tert-OH is 2. The Morgan fingerprint density at radius 2 is 0.982 bits per heavy atom. The molecular weight excluding hydrogens is 727 g/mol. The van der Waals surface area contributed by atoms with Crippen LogP contribution in [0.25, 0.3) is 0 Å². The van der Waals surface area contributed by atoms with E-state index < -0.39 is 33.2 Å². The maximum atomic E-state index is 12.6. The Hall–Kier alpha value is -1.06. The summed E-state index contributed by atoms with van der Waals surface area (Å²) in [6, 6.07) is 0. The first-order valence-corrected chi connectivity index (χ1v) is 24.8. The van der Waals surface area contributed by atoms with Gasteiger partial charge in [-0.25, -0.2) is 4.57 Å². The lowest BCUT2D eigenvalue weighted by Gasteiger charge is -2.20. The predicted molar refractivity (Wildman–Crippen MR) is 233 cm³/mol. The van der Waals surface area contributed by atoms with Gasteiger partial charge in [0.2, 0.25) is 0 Å². The van der Waals surface area contributed by atoms with E-state index in [1.807, 2.05) is 0 Å². The largest absolute Gasteiger partial charge is 0.472 e. The summed E-state index contributed by atoms with van der Waals surface area (Å²) < 4.78 is 33.4. The van der Waals surface area contributed by atoms with Crippen LogP contribution in [0.3, 0.4) is 0 Å². The van der Waals surface area contributed by atoms with Crippen LogP contribution in [-0.2, 0) is 27.9 Å². The third kappa shape index (κ3) is 42.5. The second-order valence-corrected chi connectivity index (χ2v) is 17.2. The third-order valence-corrected chi connectivity index (χ3v) is 11.1. The predicted octanol–water partition coefficient (Wildman–Crippen LogP) is 13.0. The van der Waals surface area contributed by atoms with Gasteiger partial charge in [-0.15, -0.1) is 0 Å². The fraction of sp³-hybridized carbons (Fsp3) is 0.891. The molecular formula is C46H89O9P. The molecule has 0 aliphatic carbocycles. The molecule has 3 unspecified atom stereocenters. The molecule has 3 atom stereocenters. The van der Waals surface area contributed by atoms with Crippen LogP contribution in [0.4, 0.5) is 0 Å². The highest BCUT2D eigenvalue weighted by atomic mass is 31.2. The summed E-state index contributed by atoms with van der Waals surface area (Å²) in [7, 11) is -4.52. The first-order chi connectivity index (χ1) is 27.3. The van der Waals surface area contributed by atoms with E-state index in [0.717, 1.165) is 51.4 Å². The molecule has 0 aliphatic heterocycles. The van der Waals surface area contributed by atoms with E-state index in [4.69, 9.17) is 23.6 Å². The molecule has 0 aromatic heterocycles. The molecule has 0 saturated heterocycles. The van der Waals surface area contributed by atoms with Crippen molar-refractivity contribution in [1.29, 1.82) is 0 Å². The number of rotatable bonds is 45. The first kappa shape index (κ1) is 54.9. The van der Waals surface area contributed by atoms with Crippen molar-refractivity contribution in [3.63, 3.8) is 0 Å². The Morgan fingerprint density at radius 1 is 0.554 bits per heavy atom. The SMILES string of the molecule is CCCC/C=C\C/C=C\CCCCCCCCOCC(COP(=O)(O)OCC(O)CO)OC(=O)CCCCCCCCCCCCCCCCCCCCCC. The summed E-state index contributed by atoms with van der Waals surface area (Å²) in [5, 5.41) is 18.4. The highest BCUT2D eigenvalue weighted by Gasteiger charge is 2.26.